The Hall–Kier alpha value is -1.67. The van der Waals surface area contributed by atoms with E-state index in [9.17, 15) is 8.42 Å². The van der Waals surface area contributed by atoms with Gasteiger partial charge in [-0.2, -0.15) is 0 Å². The van der Waals surface area contributed by atoms with Gasteiger partial charge in [-0.3, -0.25) is 4.90 Å². The van der Waals surface area contributed by atoms with E-state index in [0.29, 0.717) is 5.52 Å². The van der Waals surface area contributed by atoms with Crippen LogP contribution in [0.25, 0.3) is 10.9 Å². The first-order chi connectivity index (χ1) is 13.5. The number of fused-ring (bicyclic) bond motifs is 1. The fraction of sp³-hybridized carbons (Fsp3) is 0.333. The molecule has 1 aromatic heterocycles. The minimum atomic E-state index is -3.61. The van der Waals surface area contributed by atoms with Crippen molar-refractivity contribution < 1.29 is 8.42 Å². The summed E-state index contributed by atoms with van der Waals surface area (Å²) < 4.78 is 28.3. The van der Waals surface area contributed by atoms with Gasteiger partial charge in [0.2, 0.25) is 0 Å². The van der Waals surface area contributed by atoms with Crippen LogP contribution in [0.5, 0.6) is 0 Å². The topological polar surface area (TPSA) is 45.5 Å². The smallest absolute Gasteiger partial charge is 0.268 e. The molecule has 0 atom stereocenters. The standard InChI is InChI=1S/C21H24BrN3O2S/c1-2-23-11-13-24(14-12-23)16-17-3-8-21-18(15-17)9-10-25(21)28(26,27)20-6-4-19(22)5-7-20/h3-10,15H,2,11-14,16H2,1H3. The first-order valence-corrected chi connectivity index (χ1v) is 11.8. The Morgan fingerprint density at radius 3 is 2.29 bits per heavy atom. The summed E-state index contributed by atoms with van der Waals surface area (Å²) in [5.41, 5.74) is 1.93. The molecule has 5 nitrogen and oxygen atoms in total. The van der Waals surface area contributed by atoms with Gasteiger partial charge in [0.05, 0.1) is 10.4 Å². The highest BCUT2D eigenvalue weighted by atomic mass is 79.9. The van der Waals surface area contributed by atoms with Crippen molar-refractivity contribution in [1.29, 1.82) is 0 Å². The SMILES string of the molecule is CCN1CCN(Cc2ccc3c(ccn3S(=O)(=O)c3ccc(Br)cc3)c2)CC1. The molecule has 2 aromatic carbocycles. The zero-order valence-corrected chi connectivity index (χ0v) is 18.3. The van der Waals surface area contributed by atoms with E-state index < -0.39 is 10.0 Å². The van der Waals surface area contributed by atoms with Crippen LogP contribution >= 0.6 is 15.9 Å². The van der Waals surface area contributed by atoms with Crippen LogP contribution in [0.1, 0.15) is 12.5 Å². The number of aromatic nitrogens is 1. The van der Waals surface area contributed by atoms with E-state index in [4.69, 9.17) is 0 Å². The van der Waals surface area contributed by atoms with E-state index in [1.54, 1.807) is 30.5 Å². The lowest BCUT2D eigenvalue weighted by molar-refractivity contribution is 0.132. The van der Waals surface area contributed by atoms with Crippen molar-refractivity contribution in [2.45, 2.75) is 18.4 Å². The van der Waals surface area contributed by atoms with Gasteiger partial charge < -0.3 is 4.90 Å². The van der Waals surface area contributed by atoms with Crippen molar-refractivity contribution in [2.24, 2.45) is 0 Å². The molecule has 3 aromatic rings. The molecule has 0 spiro atoms. The molecular formula is C21H24BrN3O2S. The summed E-state index contributed by atoms with van der Waals surface area (Å²) in [4.78, 5) is 5.21. The molecule has 0 amide bonds. The average molecular weight is 462 g/mol. The van der Waals surface area contributed by atoms with Crippen molar-refractivity contribution in [1.82, 2.24) is 13.8 Å². The Morgan fingerprint density at radius 1 is 0.929 bits per heavy atom. The van der Waals surface area contributed by atoms with Gasteiger partial charge in [-0.25, -0.2) is 12.4 Å². The predicted octanol–water partition coefficient (Wildman–Crippen LogP) is 3.78. The normalized spacial score (nSPS) is 16.6. The Morgan fingerprint density at radius 2 is 1.61 bits per heavy atom. The lowest BCUT2D eigenvalue weighted by atomic mass is 10.1. The Bertz CT molecular complexity index is 1070. The van der Waals surface area contributed by atoms with E-state index in [0.717, 1.165) is 49.1 Å². The predicted molar refractivity (Wildman–Crippen MR) is 116 cm³/mol. The van der Waals surface area contributed by atoms with Crippen LogP contribution in [0.4, 0.5) is 0 Å². The zero-order valence-electron chi connectivity index (χ0n) is 15.9. The molecule has 2 heterocycles. The summed E-state index contributed by atoms with van der Waals surface area (Å²) in [6.45, 7) is 8.59. The van der Waals surface area contributed by atoms with Gasteiger partial charge in [0.25, 0.3) is 10.0 Å². The summed E-state index contributed by atoms with van der Waals surface area (Å²) in [7, 11) is -3.61. The highest BCUT2D eigenvalue weighted by molar-refractivity contribution is 9.10. The first kappa shape index (κ1) is 19.6. The second kappa shape index (κ2) is 7.99. The van der Waals surface area contributed by atoms with Crippen molar-refractivity contribution in [3.63, 3.8) is 0 Å². The molecule has 0 unspecified atom stereocenters. The molecule has 1 fully saturated rings. The third-order valence-corrected chi connectivity index (χ3v) is 7.64. The summed E-state index contributed by atoms with van der Waals surface area (Å²) >= 11 is 3.35. The third kappa shape index (κ3) is 3.89. The number of halogens is 1. The average Bonchev–Trinajstić information content (AvgIpc) is 3.13. The van der Waals surface area contributed by atoms with E-state index >= 15 is 0 Å². The molecular weight excluding hydrogens is 438 g/mol. The molecule has 0 bridgehead atoms. The van der Waals surface area contributed by atoms with Crippen LogP contribution < -0.4 is 0 Å². The molecule has 7 heteroatoms. The van der Waals surface area contributed by atoms with Crippen LogP contribution in [0.15, 0.2) is 64.1 Å². The molecule has 4 rings (SSSR count). The first-order valence-electron chi connectivity index (χ1n) is 9.53. The Balaban J connectivity index is 1.57. The molecule has 1 saturated heterocycles. The van der Waals surface area contributed by atoms with Gasteiger partial charge in [-0.05, 0) is 54.6 Å². The quantitative estimate of drug-likeness (QED) is 0.579. The van der Waals surface area contributed by atoms with Crippen molar-refractivity contribution >= 4 is 36.9 Å². The number of rotatable bonds is 5. The van der Waals surface area contributed by atoms with Crippen LogP contribution in [0.3, 0.4) is 0 Å². The number of nitrogens with zero attached hydrogens (tertiary/aromatic N) is 3. The van der Waals surface area contributed by atoms with Crippen LogP contribution in [0, 0.1) is 0 Å². The van der Waals surface area contributed by atoms with Crippen molar-refractivity contribution in [3.8, 4) is 0 Å². The Kier molecular flexibility index (Phi) is 5.60. The van der Waals surface area contributed by atoms with Gasteiger partial charge in [-0.15, -0.1) is 0 Å². The lowest BCUT2D eigenvalue weighted by Crippen LogP contribution is -2.45. The van der Waals surface area contributed by atoms with Gasteiger partial charge >= 0.3 is 0 Å². The van der Waals surface area contributed by atoms with Crippen LogP contribution in [-0.2, 0) is 16.6 Å². The number of piperazine rings is 1. The molecule has 0 aliphatic carbocycles. The molecule has 1 aliphatic heterocycles. The maximum Gasteiger partial charge on any atom is 0.268 e. The number of hydrogen-bond donors (Lipinski definition) is 0. The van der Waals surface area contributed by atoms with Crippen molar-refractivity contribution in [3.05, 3.63) is 64.8 Å². The van der Waals surface area contributed by atoms with Gasteiger partial charge in [0, 0.05) is 48.8 Å². The zero-order chi connectivity index (χ0) is 19.7. The molecule has 0 radical (unpaired) electrons. The van der Waals surface area contributed by atoms with E-state index in [1.165, 1.54) is 9.54 Å². The van der Waals surface area contributed by atoms with Crippen LogP contribution in [-0.4, -0.2) is 54.9 Å². The molecule has 0 saturated carbocycles. The van der Waals surface area contributed by atoms with Crippen molar-refractivity contribution in [2.75, 3.05) is 32.7 Å². The summed E-state index contributed by atoms with van der Waals surface area (Å²) in [6, 6.07) is 14.7. The summed E-state index contributed by atoms with van der Waals surface area (Å²) in [5.74, 6) is 0. The van der Waals surface area contributed by atoms with E-state index in [2.05, 4.69) is 38.7 Å². The van der Waals surface area contributed by atoms with Gasteiger partial charge in [0.15, 0.2) is 0 Å². The number of benzene rings is 2. The maximum atomic E-state index is 13.0. The molecule has 0 N–H and O–H groups in total. The highest BCUT2D eigenvalue weighted by Gasteiger charge is 2.20. The Labute approximate surface area is 174 Å². The number of likely N-dealkylation sites (N-methyl/N-ethyl adjacent to an activating group) is 1. The monoisotopic (exact) mass is 461 g/mol. The minimum absolute atomic E-state index is 0.283. The lowest BCUT2D eigenvalue weighted by Gasteiger charge is -2.34. The maximum absolute atomic E-state index is 13.0. The van der Waals surface area contributed by atoms with Gasteiger partial charge in [0.1, 0.15) is 0 Å². The molecule has 28 heavy (non-hydrogen) atoms. The van der Waals surface area contributed by atoms with E-state index in [-0.39, 0.29) is 4.90 Å². The molecule has 1 aliphatic rings. The highest BCUT2D eigenvalue weighted by Crippen LogP contribution is 2.25. The second-order valence-electron chi connectivity index (χ2n) is 7.17. The van der Waals surface area contributed by atoms with Crippen LogP contribution in [0.2, 0.25) is 0 Å². The fourth-order valence-corrected chi connectivity index (χ4v) is 5.33. The summed E-state index contributed by atoms with van der Waals surface area (Å²) in [5, 5.41) is 0.949. The third-order valence-electron chi connectivity index (χ3n) is 5.41. The largest absolute Gasteiger partial charge is 0.301 e. The molecule has 148 valence electrons. The van der Waals surface area contributed by atoms with Gasteiger partial charge in [-0.1, -0.05) is 28.9 Å². The minimum Gasteiger partial charge on any atom is -0.301 e. The number of hydrogen-bond acceptors (Lipinski definition) is 4. The van der Waals surface area contributed by atoms with E-state index in [1.807, 2.05) is 18.2 Å². The summed E-state index contributed by atoms with van der Waals surface area (Å²) in [6.07, 6.45) is 1.64. The fourth-order valence-electron chi connectivity index (χ4n) is 3.72. The second-order valence-corrected chi connectivity index (χ2v) is 9.90.